The van der Waals surface area contributed by atoms with Gasteiger partial charge < -0.3 is 0 Å². The van der Waals surface area contributed by atoms with Crippen molar-refractivity contribution in [1.82, 2.24) is 0 Å². The molecule has 0 saturated heterocycles. The number of nitriles is 1. The summed E-state index contributed by atoms with van der Waals surface area (Å²) in [6.07, 6.45) is 0.984. The van der Waals surface area contributed by atoms with Crippen molar-refractivity contribution in [2.75, 3.05) is 0 Å². The number of nitrogens with zero attached hydrogens (tertiary/aromatic N) is 2. The molecule has 0 aliphatic carbocycles. The fraction of sp³-hybridized carbons (Fsp3) is 0.136. The number of non-ortho nitro benzene ring substituents is 1. The Hall–Kier alpha value is -3.16. The monoisotopic (exact) mass is 376 g/mol. The molecule has 0 amide bonds. The Morgan fingerprint density at radius 3 is 1.96 bits per heavy atom. The summed E-state index contributed by atoms with van der Waals surface area (Å²) < 4.78 is 0. The predicted octanol–water partition coefficient (Wildman–Crippen LogP) is 5.49. The standard InChI is InChI=1S/C22H17ClN2O2/c23-20-10-6-18(7-11-20)15-22(16-24,14-17-4-2-1-3-5-17)19-8-12-21(13-9-19)25(26)27/h1-13H,14-15H2. The number of nitro groups is 1. The Balaban J connectivity index is 2.04. The summed E-state index contributed by atoms with van der Waals surface area (Å²) in [5, 5.41) is 21.8. The molecule has 0 fully saturated rings. The first kappa shape index (κ1) is 18.6. The third-order valence-corrected chi connectivity index (χ3v) is 4.86. The Labute approximate surface area is 162 Å². The minimum absolute atomic E-state index is 0.0109. The number of benzene rings is 3. The second-order valence-corrected chi connectivity index (χ2v) is 6.90. The van der Waals surface area contributed by atoms with Gasteiger partial charge in [-0.2, -0.15) is 5.26 Å². The second-order valence-electron chi connectivity index (χ2n) is 6.46. The molecule has 1 atom stereocenters. The molecule has 0 aliphatic rings. The highest BCUT2D eigenvalue weighted by molar-refractivity contribution is 6.30. The zero-order valence-electron chi connectivity index (χ0n) is 14.5. The van der Waals surface area contributed by atoms with E-state index in [0.717, 1.165) is 16.7 Å². The Morgan fingerprint density at radius 1 is 0.889 bits per heavy atom. The van der Waals surface area contributed by atoms with Gasteiger partial charge in [0.1, 0.15) is 0 Å². The van der Waals surface area contributed by atoms with Crippen LogP contribution in [0, 0.1) is 21.4 Å². The van der Waals surface area contributed by atoms with Crippen LogP contribution in [0.1, 0.15) is 16.7 Å². The Morgan fingerprint density at radius 2 is 1.44 bits per heavy atom. The van der Waals surface area contributed by atoms with E-state index in [1.807, 2.05) is 42.5 Å². The quantitative estimate of drug-likeness (QED) is 0.421. The highest BCUT2D eigenvalue weighted by Gasteiger charge is 2.33. The van der Waals surface area contributed by atoms with E-state index in [2.05, 4.69) is 6.07 Å². The molecule has 3 aromatic rings. The maximum Gasteiger partial charge on any atom is 0.269 e. The molecule has 134 valence electrons. The van der Waals surface area contributed by atoms with Crippen LogP contribution in [-0.4, -0.2) is 4.92 Å². The van der Waals surface area contributed by atoms with Crippen molar-refractivity contribution in [3.8, 4) is 6.07 Å². The lowest BCUT2D eigenvalue weighted by Gasteiger charge is -2.28. The molecule has 1 unspecified atom stereocenters. The van der Waals surface area contributed by atoms with Crippen molar-refractivity contribution in [3.63, 3.8) is 0 Å². The lowest BCUT2D eigenvalue weighted by Crippen LogP contribution is -2.30. The summed E-state index contributed by atoms with van der Waals surface area (Å²) in [6, 6.07) is 26.0. The van der Waals surface area contributed by atoms with Crippen molar-refractivity contribution in [3.05, 3.63) is 111 Å². The van der Waals surface area contributed by atoms with Gasteiger partial charge in [-0.1, -0.05) is 66.2 Å². The summed E-state index contributed by atoms with van der Waals surface area (Å²) in [7, 11) is 0. The zero-order chi connectivity index (χ0) is 19.3. The van der Waals surface area contributed by atoms with Gasteiger partial charge in [-0.3, -0.25) is 10.1 Å². The SMILES string of the molecule is N#CC(Cc1ccccc1)(Cc1ccc(Cl)cc1)c1ccc([N+](=O)[O-])cc1. The van der Waals surface area contributed by atoms with Gasteiger partial charge in [0.15, 0.2) is 0 Å². The first-order chi connectivity index (χ1) is 13.0. The molecule has 3 rings (SSSR count). The summed E-state index contributed by atoms with van der Waals surface area (Å²) in [5.74, 6) is 0. The highest BCUT2D eigenvalue weighted by atomic mass is 35.5. The molecule has 0 saturated carbocycles. The largest absolute Gasteiger partial charge is 0.269 e. The van der Waals surface area contributed by atoms with E-state index < -0.39 is 10.3 Å². The smallest absolute Gasteiger partial charge is 0.258 e. The minimum Gasteiger partial charge on any atom is -0.258 e. The summed E-state index contributed by atoms with van der Waals surface area (Å²) >= 11 is 5.98. The lowest BCUT2D eigenvalue weighted by molar-refractivity contribution is -0.384. The molecular formula is C22H17ClN2O2. The summed E-state index contributed by atoms with van der Waals surface area (Å²) in [6.45, 7) is 0. The van der Waals surface area contributed by atoms with E-state index >= 15 is 0 Å². The van der Waals surface area contributed by atoms with Crippen molar-refractivity contribution in [1.29, 1.82) is 5.26 Å². The lowest BCUT2D eigenvalue weighted by atomic mass is 9.72. The summed E-state index contributed by atoms with van der Waals surface area (Å²) in [5.41, 5.74) is 1.94. The van der Waals surface area contributed by atoms with E-state index in [-0.39, 0.29) is 5.69 Å². The van der Waals surface area contributed by atoms with Crippen molar-refractivity contribution in [2.24, 2.45) is 0 Å². The molecule has 0 bridgehead atoms. The van der Waals surface area contributed by atoms with Gasteiger partial charge >= 0.3 is 0 Å². The van der Waals surface area contributed by atoms with Gasteiger partial charge in [0.25, 0.3) is 5.69 Å². The van der Waals surface area contributed by atoms with E-state index in [1.54, 1.807) is 24.3 Å². The fourth-order valence-corrected chi connectivity index (χ4v) is 3.33. The molecule has 0 spiro atoms. The van der Waals surface area contributed by atoms with E-state index in [4.69, 9.17) is 11.6 Å². The first-order valence-corrected chi connectivity index (χ1v) is 8.85. The third kappa shape index (κ3) is 4.33. The molecule has 3 aromatic carbocycles. The van der Waals surface area contributed by atoms with Crippen LogP contribution in [-0.2, 0) is 18.3 Å². The third-order valence-electron chi connectivity index (χ3n) is 4.61. The van der Waals surface area contributed by atoms with Gasteiger partial charge in [0.05, 0.1) is 16.4 Å². The minimum atomic E-state index is -0.843. The number of rotatable bonds is 6. The predicted molar refractivity (Wildman–Crippen MR) is 106 cm³/mol. The van der Waals surface area contributed by atoms with Crippen molar-refractivity contribution >= 4 is 17.3 Å². The molecule has 0 radical (unpaired) electrons. The average molecular weight is 377 g/mol. The molecule has 0 aromatic heterocycles. The summed E-state index contributed by atoms with van der Waals surface area (Å²) in [4.78, 5) is 10.5. The molecule has 27 heavy (non-hydrogen) atoms. The first-order valence-electron chi connectivity index (χ1n) is 8.47. The zero-order valence-corrected chi connectivity index (χ0v) is 15.3. The molecule has 0 aliphatic heterocycles. The molecule has 4 nitrogen and oxygen atoms in total. The maximum absolute atomic E-state index is 11.0. The topological polar surface area (TPSA) is 66.9 Å². The molecule has 0 heterocycles. The van der Waals surface area contributed by atoms with Crippen LogP contribution in [0.4, 0.5) is 5.69 Å². The second kappa shape index (κ2) is 8.03. The molecular weight excluding hydrogens is 360 g/mol. The van der Waals surface area contributed by atoms with Gasteiger partial charge in [-0.15, -0.1) is 0 Å². The number of nitro benzene ring substituents is 1. The normalized spacial score (nSPS) is 12.7. The Bertz CT molecular complexity index is 964. The number of hydrogen-bond acceptors (Lipinski definition) is 3. The number of hydrogen-bond donors (Lipinski definition) is 0. The van der Waals surface area contributed by atoms with Gasteiger partial charge in [0.2, 0.25) is 0 Å². The number of halogens is 1. The van der Waals surface area contributed by atoms with Crippen molar-refractivity contribution < 1.29 is 4.92 Å². The van der Waals surface area contributed by atoms with Crippen LogP contribution in [0.2, 0.25) is 5.02 Å². The van der Waals surface area contributed by atoms with Crippen LogP contribution in [0.15, 0.2) is 78.9 Å². The van der Waals surface area contributed by atoms with Gasteiger partial charge in [-0.25, -0.2) is 0 Å². The van der Waals surface area contributed by atoms with Crippen LogP contribution in [0.25, 0.3) is 0 Å². The van der Waals surface area contributed by atoms with Crippen LogP contribution in [0.5, 0.6) is 0 Å². The van der Waals surface area contributed by atoms with Crippen LogP contribution < -0.4 is 0 Å². The fourth-order valence-electron chi connectivity index (χ4n) is 3.21. The van der Waals surface area contributed by atoms with Crippen LogP contribution in [0.3, 0.4) is 0 Å². The highest BCUT2D eigenvalue weighted by Crippen LogP contribution is 2.33. The van der Waals surface area contributed by atoms with E-state index in [1.165, 1.54) is 12.1 Å². The molecule has 5 heteroatoms. The maximum atomic E-state index is 11.0. The van der Waals surface area contributed by atoms with E-state index in [0.29, 0.717) is 17.9 Å². The van der Waals surface area contributed by atoms with Crippen molar-refractivity contribution in [2.45, 2.75) is 18.3 Å². The van der Waals surface area contributed by atoms with Crippen LogP contribution >= 0.6 is 11.6 Å². The van der Waals surface area contributed by atoms with E-state index in [9.17, 15) is 15.4 Å². The average Bonchev–Trinajstić information content (AvgIpc) is 2.70. The Kier molecular flexibility index (Phi) is 5.54. The van der Waals surface area contributed by atoms with Gasteiger partial charge in [-0.05, 0) is 41.7 Å². The molecule has 0 N–H and O–H groups in total. The van der Waals surface area contributed by atoms with Gasteiger partial charge in [0, 0.05) is 17.2 Å².